The summed E-state index contributed by atoms with van der Waals surface area (Å²) in [6, 6.07) is 10.2. The summed E-state index contributed by atoms with van der Waals surface area (Å²) in [7, 11) is 0. The van der Waals surface area contributed by atoms with Crippen molar-refractivity contribution < 1.29 is 4.79 Å². The molecule has 2 aromatic rings. The predicted molar refractivity (Wildman–Crippen MR) is 132 cm³/mol. The number of aromatic nitrogens is 1. The van der Waals surface area contributed by atoms with Crippen LogP contribution >= 0.6 is 0 Å². The van der Waals surface area contributed by atoms with E-state index in [1.54, 1.807) is 6.08 Å². The van der Waals surface area contributed by atoms with Crippen LogP contribution in [0.5, 0.6) is 0 Å². The highest BCUT2D eigenvalue weighted by Crippen LogP contribution is 2.25. The van der Waals surface area contributed by atoms with Crippen LogP contribution < -0.4 is 10.2 Å². The maximum atomic E-state index is 12.9. The Morgan fingerprint density at radius 3 is 2.44 bits per heavy atom. The second-order valence-electron chi connectivity index (χ2n) is 8.52. The van der Waals surface area contributed by atoms with Gasteiger partial charge in [0.05, 0.1) is 0 Å². The van der Waals surface area contributed by atoms with E-state index in [4.69, 9.17) is 0 Å². The number of carbonyl (C=O) groups excluding carboxylic acids is 1. The minimum atomic E-state index is -0.375. The number of piperazine rings is 1. The number of nitrogens with one attached hydrogen (secondary N) is 1. The van der Waals surface area contributed by atoms with Gasteiger partial charge in [0, 0.05) is 55.5 Å². The third-order valence-corrected chi connectivity index (χ3v) is 6.37. The molecule has 1 aliphatic rings. The second kappa shape index (κ2) is 10.5. The summed E-state index contributed by atoms with van der Waals surface area (Å²) in [5, 5.41) is 12.6. The molecule has 1 amide bonds. The average Bonchev–Trinajstić information content (AvgIpc) is 3.06. The van der Waals surface area contributed by atoms with Crippen molar-refractivity contribution in [2.45, 2.75) is 47.6 Å². The fourth-order valence-electron chi connectivity index (χ4n) is 4.34. The number of hydrogen-bond acceptors (Lipinski definition) is 4. The Morgan fingerprint density at radius 2 is 1.84 bits per heavy atom. The largest absolute Gasteiger partial charge is 0.369 e. The van der Waals surface area contributed by atoms with E-state index in [0.717, 1.165) is 73.9 Å². The molecule has 1 saturated heterocycles. The number of anilines is 2. The number of likely N-dealkylation sites (N-methyl/N-ethyl adjacent to an activating group) is 1. The average molecular weight is 434 g/mol. The standard InChI is InChI=1S/C26H35N5O/c1-6-10-31-20(4)16-22(21(31)5)17-23(18-27)26(32)28-25-9-8-24(15-19(25)3)30-13-11-29(7-2)12-14-30/h8-9,15-17H,6-7,10-14H2,1-5H3,(H,28,32)/b23-17+. The Bertz CT molecular complexity index is 1040. The Kier molecular flexibility index (Phi) is 7.76. The van der Waals surface area contributed by atoms with Gasteiger partial charge in [-0.1, -0.05) is 13.8 Å². The van der Waals surface area contributed by atoms with Crippen molar-refractivity contribution in [2.24, 2.45) is 0 Å². The van der Waals surface area contributed by atoms with Crippen LogP contribution in [0.4, 0.5) is 11.4 Å². The Hall–Kier alpha value is -3.04. The number of carbonyl (C=O) groups is 1. The first-order valence-corrected chi connectivity index (χ1v) is 11.6. The van der Waals surface area contributed by atoms with Gasteiger partial charge in [0.15, 0.2) is 0 Å². The van der Waals surface area contributed by atoms with Crippen LogP contribution in [0, 0.1) is 32.1 Å². The number of rotatable bonds is 7. The van der Waals surface area contributed by atoms with Crippen molar-refractivity contribution in [2.75, 3.05) is 42.9 Å². The molecule has 170 valence electrons. The fraction of sp³-hybridized carbons (Fsp3) is 0.462. The number of benzene rings is 1. The highest BCUT2D eigenvalue weighted by Gasteiger charge is 2.18. The van der Waals surface area contributed by atoms with Crippen molar-refractivity contribution in [3.63, 3.8) is 0 Å². The molecule has 0 saturated carbocycles. The van der Waals surface area contributed by atoms with Crippen molar-refractivity contribution in [1.29, 1.82) is 5.26 Å². The van der Waals surface area contributed by atoms with Gasteiger partial charge in [-0.05, 0) is 75.2 Å². The van der Waals surface area contributed by atoms with Gasteiger partial charge in [0.2, 0.25) is 0 Å². The summed E-state index contributed by atoms with van der Waals surface area (Å²) in [4.78, 5) is 17.7. The predicted octanol–water partition coefficient (Wildman–Crippen LogP) is 4.51. The van der Waals surface area contributed by atoms with Crippen molar-refractivity contribution in [3.8, 4) is 6.07 Å². The second-order valence-corrected chi connectivity index (χ2v) is 8.52. The van der Waals surface area contributed by atoms with Gasteiger partial charge in [-0.15, -0.1) is 0 Å². The molecule has 6 nitrogen and oxygen atoms in total. The number of aryl methyl sites for hydroxylation is 2. The van der Waals surface area contributed by atoms with E-state index in [1.165, 1.54) is 5.69 Å². The molecule has 0 aliphatic carbocycles. The van der Waals surface area contributed by atoms with Crippen LogP contribution in [0.1, 0.15) is 42.8 Å². The molecule has 32 heavy (non-hydrogen) atoms. The van der Waals surface area contributed by atoms with Crippen molar-refractivity contribution in [1.82, 2.24) is 9.47 Å². The summed E-state index contributed by atoms with van der Waals surface area (Å²) in [6.45, 7) is 16.6. The van der Waals surface area contributed by atoms with Gasteiger partial charge in [-0.25, -0.2) is 0 Å². The lowest BCUT2D eigenvalue weighted by atomic mass is 10.1. The SMILES string of the molecule is CCCn1c(C)cc(/C=C(\C#N)C(=O)Nc2ccc(N3CCN(CC)CC3)cc2C)c1C. The fourth-order valence-corrected chi connectivity index (χ4v) is 4.34. The Labute approximate surface area is 192 Å². The van der Waals surface area contributed by atoms with Crippen LogP contribution in [-0.4, -0.2) is 48.1 Å². The van der Waals surface area contributed by atoms with Crippen molar-refractivity contribution in [3.05, 3.63) is 52.4 Å². The molecule has 0 unspecified atom stereocenters. The first-order chi connectivity index (χ1) is 15.4. The minimum absolute atomic E-state index is 0.112. The van der Waals surface area contributed by atoms with Crippen LogP contribution in [0.3, 0.4) is 0 Å². The highest BCUT2D eigenvalue weighted by atomic mass is 16.1. The van der Waals surface area contributed by atoms with E-state index < -0.39 is 0 Å². The molecule has 1 fully saturated rings. The lowest BCUT2D eigenvalue weighted by Gasteiger charge is -2.35. The normalized spacial score (nSPS) is 15.0. The third-order valence-electron chi connectivity index (χ3n) is 6.37. The topological polar surface area (TPSA) is 64.3 Å². The number of nitrogens with zero attached hydrogens (tertiary/aromatic N) is 4. The lowest BCUT2D eigenvalue weighted by Crippen LogP contribution is -2.46. The molecule has 3 rings (SSSR count). The quantitative estimate of drug-likeness (QED) is 0.515. The minimum Gasteiger partial charge on any atom is -0.369 e. The van der Waals surface area contributed by atoms with Gasteiger partial charge >= 0.3 is 0 Å². The van der Waals surface area contributed by atoms with E-state index in [2.05, 4.69) is 58.7 Å². The molecule has 1 aliphatic heterocycles. The highest BCUT2D eigenvalue weighted by molar-refractivity contribution is 6.10. The summed E-state index contributed by atoms with van der Waals surface area (Å²) in [6.07, 6.45) is 2.73. The number of hydrogen-bond donors (Lipinski definition) is 1. The maximum Gasteiger partial charge on any atom is 0.266 e. The van der Waals surface area contributed by atoms with E-state index in [1.807, 2.05) is 26.0 Å². The third kappa shape index (κ3) is 5.23. The Balaban J connectivity index is 1.74. The lowest BCUT2D eigenvalue weighted by molar-refractivity contribution is -0.112. The molecule has 1 aromatic heterocycles. The van der Waals surface area contributed by atoms with Gasteiger partial charge in [0.1, 0.15) is 11.6 Å². The summed E-state index contributed by atoms with van der Waals surface area (Å²) in [5.41, 5.74) is 6.15. The molecule has 1 aromatic carbocycles. The molecule has 2 heterocycles. The summed E-state index contributed by atoms with van der Waals surface area (Å²) in [5.74, 6) is -0.375. The van der Waals surface area contributed by atoms with E-state index in [0.29, 0.717) is 0 Å². The maximum absolute atomic E-state index is 12.9. The van der Waals surface area contributed by atoms with Crippen LogP contribution in [-0.2, 0) is 11.3 Å². The summed E-state index contributed by atoms with van der Waals surface area (Å²) >= 11 is 0. The molecule has 0 atom stereocenters. The zero-order valence-corrected chi connectivity index (χ0v) is 20.0. The number of nitriles is 1. The van der Waals surface area contributed by atoms with Crippen LogP contribution in [0.25, 0.3) is 6.08 Å². The van der Waals surface area contributed by atoms with E-state index >= 15 is 0 Å². The van der Waals surface area contributed by atoms with Gasteiger partial charge in [0.25, 0.3) is 5.91 Å². The monoisotopic (exact) mass is 433 g/mol. The van der Waals surface area contributed by atoms with E-state index in [-0.39, 0.29) is 11.5 Å². The molecule has 1 N–H and O–H groups in total. The first kappa shape index (κ1) is 23.6. The molecular weight excluding hydrogens is 398 g/mol. The molecular formula is C26H35N5O. The van der Waals surface area contributed by atoms with Gasteiger partial charge in [-0.2, -0.15) is 5.26 Å². The molecule has 0 spiro atoms. The first-order valence-electron chi connectivity index (χ1n) is 11.6. The zero-order valence-electron chi connectivity index (χ0n) is 20.0. The van der Waals surface area contributed by atoms with Crippen molar-refractivity contribution >= 4 is 23.4 Å². The molecule has 0 bridgehead atoms. The van der Waals surface area contributed by atoms with Crippen LogP contribution in [0.2, 0.25) is 0 Å². The number of amides is 1. The zero-order chi connectivity index (χ0) is 23.3. The van der Waals surface area contributed by atoms with Gasteiger partial charge < -0.3 is 19.7 Å². The summed E-state index contributed by atoms with van der Waals surface area (Å²) < 4.78 is 2.22. The van der Waals surface area contributed by atoms with Gasteiger partial charge in [-0.3, -0.25) is 4.79 Å². The Morgan fingerprint density at radius 1 is 1.12 bits per heavy atom. The van der Waals surface area contributed by atoms with Crippen LogP contribution in [0.15, 0.2) is 29.8 Å². The smallest absolute Gasteiger partial charge is 0.266 e. The molecule has 6 heteroatoms. The van der Waals surface area contributed by atoms with E-state index in [9.17, 15) is 10.1 Å². The molecule has 0 radical (unpaired) electrons.